The Bertz CT molecular complexity index is 8.00. The molecule has 0 aliphatic carbocycles. The van der Waals surface area contributed by atoms with E-state index in [1.165, 1.54) is 0 Å². The van der Waals surface area contributed by atoms with Crippen LogP contribution in [-0.4, -0.2) is 0 Å². The third kappa shape index (κ3) is 8.90. The third-order valence-electron chi connectivity index (χ3n) is 0. The minimum Gasteiger partial charge on any atom is -2.00 e. The van der Waals surface area contributed by atoms with Crippen LogP contribution in [-0.2, 0) is 57.5 Å². The predicted octanol–water partition coefficient (Wildman–Crippen LogP) is -0.124. The van der Waals surface area contributed by atoms with Gasteiger partial charge in [-0.2, -0.15) is 0 Å². The van der Waals surface area contributed by atoms with Crippen LogP contribution in [0.1, 0.15) is 0 Å². The molecule has 0 N–H and O–H groups in total. The van der Waals surface area contributed by atoms with E-state index in [0.717, 1.165) is 0 Å². The summed E-state index contributed by atoms with van der Waals surface area (Å²) in [7, 11) is 0. The van der Waals surface area contributed by atoms with Gasteiger partial charge in [-0.3, -0.25) is 0 Å². The molecule has 1 radical (unpaired) electrons. The molecule has 0 fully saturated rings. The van der Waals surface area contributed by atoms with Gasteiger partial charge in [0.25, 0.3) is 0 Å². The van der Waals surface area contributed by atoms with E-state index in [4.69, 9.17) is 0 Å². The quantitative estimate of drug-likeness (QED) is 0.468. The first-order valence-corrected chi connectivity index (χ1v) is 0. The van der Waals surface area contributed by atoms with Gasteiger partial charge in [0.05, 0.1) is 0 Å². The number of rotatable bonds is 0. The van der Waals surface area contributed by atoms with Gasteiger partial charge in [0.15, 0.2) is 0 Å². The zero-order valence-corrected chi connectivity index (χ0v) is 10.1. The van der Waals surface area contributed by atoms with Gasteiger partial charge in [-0.1, -0.05) is 0 Å². The van der Waals surface area contributed by atoms with E-state index in [1.54, 1.807) is 0 Å². The largest absolute Gasteiger partial charge is 4.00 e. The molecule has 0 aromatic carbocycles. The van der Waals surface area contributed by atoms with E-state index in [0.29, 0.717) is 0 Å². The molecule has 0 amide bonds. The molecule has 0 spiro atoms. The Kier molecular flexibility index (Phi) is 115. The minimum atomic E-state index is 0. The summed E-state index contributed by atoms with van der Waals surface area (Å²) >= 11 is 0. The van der Waals surface area contributed by atoms with Crippen molar-refractivity contribution in [2.45, 2.75) is 0 Å². The van der Waals surface area contributed by atoms with Gasteiger partial charge < -0.3 is 5.48 Å². The first-order chi connectivity index (χ1) is 0. The average Bonchev–Trinajstić information content (AvgIpc) is 0. The fourth-order valence-electron chi connectivity index (χ4n) is 0. The Balaban J connectivity index is 0. The Morgan fingerprint density at radius 2 is 1.00 bits per heavy atom. The summed E-state index contributed by atoms with van der Waals surface area (Å²) in [6.07, 6.45) is 0. The Hall–Kier alpha value is 3.04. The standard InChI is InChI=1S/Gd.Hf.O.Zr/q+3;+4;-2;+4. The minimum absolute atomic E-state index is 0. The number of hydrogen-bond donors (Lipinski definition) is 0. The van der Waals surface area contributed by atoms with E-state index >= 15 is 0 Å². The Labute approximate surface area is 95.2 Å². The van der Waals surface area contributed by atoms with Crippen LogP contribution in [0.5, 0.6) is 0 Å². The summed E-state index contributed by atoms with van der Waals surface area (Å²) in [5.41, 5.74) is 0. The van der Waals surface area contributed by atoms with Crippen LogP contribution in [0.2, 0.25) is 0 Å². The molecular formula is GdHfOZr+9. The summed E-state index contributed by atoms with van der Waals surface area (Å²) in [6, 6.07) is 0. The average molecular weight is 443 g/mol. The molecule has 13 valence electrons. The maximum atomic E-state index is 0. The zero-order valence-electron chi connectivity index (χ0n) is 1.76. The molecule has 1 nitrogen and oxygen atoms in total. The zero-order chi connectivity index (χ0) is 0. The molecule has 0 rings (SSSR count). The van der Waals surface area contributed by atoms with Crippen LogP contribution < -0.4 is 0 Å². The summed E-state index contributed by atoms with van der Waals surface area (Å²) in [6.45, 7) is 0. The SMILES string of the molecule is [Gd+3].[Hf+4].[O-2].[Zr+4]. The molecule has 0 saturated carbocycles. The summed E-state index contributed by atoms with van der Waals surface area (Å²) in [4.78, 5) is 0. The van der Waals surface area contributed by atoms with Crippen LogP contribution in [0.25, 0.3) is 0 Å². The van der Waals surface area contributed by atoms with Crippen molar-refractivity contribution in [1.82, 2.24) is 0 Å². The van der Waals surface area contributed by atoms with Crippen LogP contribution in [0.3, 0.4) is 0 Å². The summed E-state index contributed by atoms with van der Waals surface area (Å²) in [5.74, 6) is 0. The second-order valence-electron chi connectivity index (χ2n) is 0. The third-order valence-corrected chi connectivity index (χ3v) is 0. The van der Waals surface area contributed by atoms with Crippen LogP contribution in [0.4, 0.5) is 0 Å². The molecule has 0 heterocycles. The fraction of sp³-hybridized carbons (Fsp3) is 0. The van der Waals surface area contributed by atoms with Crippen molar-refractivity contribution >= 4 is 0 Å². The van der Waals surface area contributed by atoms with E-state index in [1.807, 2.05) is 0 Å². The molecule has 0 aromatic heterocycles. The van der Waals surface area contributed by atoms with Gasteiger partial charge in [-0.15, -0.1) is 0 Å². The van der Waals surface area contributed by atoms with Crippen molar-refractivity contribution in [3.63, 3.8) is 0 Å². The van der Waals surface area contributed by atoms with Crippen molar-refractivity contribution in [2.75, 3.05) is 0 Å². The van der Waals surface area contributed by atoms with Gasteiger partial charge in [0.2, 0.25) is 0 Å². The van der Waals surface area contributed by atoms with E-state index in [-0.39, 0.29) is 97.5 Å². The molecule has 0 aliphatic heterocycles. The predicted molar refractivity (Wildman–Crippen MR) is 0.686 cm³/mol. The van der Waals surface area contributed by atoms with E-state index in [9.17, 15) is 0 Å². The second-order valence-corrected chi connectivity index (χ2v) is 0. The van der Waals surface area contributed by atoms with Crippen molar-refractivity contribution in [2.24, 2.45) is 0 Å². The van der Waals surface area contributed by atoms with Crippen LogP contribution in [0, 0.1) is 39.9 Å². The van der Waals surface area contributed by atoms with Crippen LogP contribution in [0.15, 0.2) is 0 Å². The molecule has 0 unspecified atom stereocenters. The molecule has 0 saturated heterocycles. The maximum Gasteiger partial charge on any atom is 4.00 e. The first kappa shape index (κ1) is 27.8. The fourth-order valence-corrected chi connectivity index (χ4v) is 0. The topological polar surface area (TPSA) is 28.5 Å². The van der Waals surface area contributed by atoms with Crippen molar-refractivity contribution in [1.29, 1.82) is 0 Å². The molecular weight excluding hydrogens is 443 g/mol. The molecule has 0 aromatic rings. The molecule has 0 atom stereocenters. The van der Waals surface area contributed by atoms with Crippen molar-refractivity contribution in [3.05, 3.63) is 0 Å². The van der Waals surface area contributed by atoms with Gasteiger partial charge in [-0.05, 0) is 0 Å². The summed E-state index contributed by atoms with van der Waals surface area (Å²) in [5, 5.41) is 0. The van der Waals surface area contributed by atoms with E-state index in [2.05, 4.69) is 0 Å². The smallest absolute Gasteiger partial charge is 2.00 e. The molecule has 0 bridgehead atoms. The maximum absolute atomic E-state index is 0. The van der Waals surface area contributed by atoms with E-state index < -0.39 is 0 Å². The van der Waals surface area contributed by atoms with Crippen molar-refractivity contribution in [3.8, 4) is 0 Å². The molecule has 0 aliphatic rings. The van der Waals surface area contributed by atoms with Gasteiger partial charge in [0, 0.05) is 0 Å². The van der Waals surface area contributed by atoms with Crippen LogP contribution >= 0.6 is 0 Å². The van der Waals surface area contributed by atoms with Gasteiger partial charge >= 0.3 is 92.0 Å². The summed E-state index contributed by atoms with van der Waals surface area (Å²) < 4.78 is 0. The first-order valence-electron chi connectivity index (χ1n) is 0. The Morgan fingerprint density at radius 3 is 1.00 bits per heavy atom. The normalized spacial score (nSPS) is 0. The molecule has 4 heavy (non-hydrogen) atoms. The Morgan fingerprint density at radius 1 is 1.00 bits per heavy atom. The molecule has 4 heteroatoms. The van der Waals surface area contributed by atoms with Gasteiger partial charge in [-0.25, -0.2) is 0 Å². The number of hydrogen-bond acceptors (Lipinski definition) is 0. The van der Waals surface area contributed by atoms with Crippen molar-refractivity contribution < 1.29 is 97.5 Å². The monoisotopic (exact) mass is 444 g/mol. The second kappa shape index (κ2) is 16.6. The van der Waals surface area contributed by atoms with Gasteiger partial charge in [0.1, 0.15) is 0 Å².